The number of rotatable bonds is 8. The van der Waals surface area contributed by atoms with Crippen molar-refractivity contribution in [1.29, 1.82) is 0 Å². The highest BCUT2D eigenvalue weighted by molar-refractivity contribution is 14.0. The molecule has 1 aliphatic rings. The van der Waals surface area contributed by atoms with Crippen molar-refractivity contribution in [2.24, 2.45) is 4.99 Å². The molecule has 6 heteroatoms. The maximum atomic E-state index is 11.8. The van der Waals surface area contributed by atoms with Crippen LogP contribution >= 0.6 is 24.0 Å². The molecule has 0 bridgehead atoms. The molecule has 1 aliphatic carbocycles. The summed E-state index contributed by atoms with van der Waals surface area (Å²) in [6.45, 7) is 6.67. The summed E-state index contributed by atoms with van der Waals surface area (Å²) in [6, 6.07) is 16.4. The molecule has 1 saturated carbocycles. The molecule has 1 amide bonds. The molecule has 0 radical (unpaired) electrons. The van der Waals surface area contributed by atoms with Gasteiger partial charge in [-0.05, 0) is 61.9 Å². The van der Waals surface area contributed by atoms with Gasteiger partial charge in [0.2, 0.25) is 0 Å². The topological polar surface area (TPSA) is 65.5 Å². The van der Waals surface area contributed by atoms with Gasteiger partial charge >= 0.3 is 0 Å². The quantitative estimate of drug-likeness (QED) is 0.282. The Morgan fingerprint density at radius 1 is 1.10 bits per heavy atom. The molecule has 30 heavy (non-hydrogen) atoms. The minimum absolute atomic E-state index is 0. The first-order chi connectivity index (χ1) is 14.1. The van der Waals surface area contributed by atoms with Crippen LogP contribution in [0.1, 0.15) is 46.8 Å². The number of nitrogens with one attached hydrogen (secondary N) is 3. The molecule has 0 atom stereocenters. The van der Waals surface area contributed by atoms with Crippen molar-refractivity contribution in [2.75, 3.05) is 26.7 Å². The van der Waals surface area contributed by atoms with Gasteiger partial charge in [-0.3, -0.25) is 9.79 Å². The van der Waals surface area contributed by atoms with Gasteiger partial charge in [-0.15, -0.1) is 24.0 Å². The Morgan fingerprint density at radius 3 is 2.53 bits per heavy atom. The van der Waals surface area contributed by atoms with Crippen molar-refractivity contribution in [2.45, 2.75) is 38.5 Å². The van der Waals surface area contributed by atoms with Crippen molar-refractivity contribution in [3.8, 4) is 0 Å². The first kappa shape index (κ1) is 24.2. The molecular weight excluding hydrogens is 487 g/mol. The Labute approximate surface area is 197 Å². The zero-order valence-corrected chi connectivity index (χ0v) is 20.5. The molecule has 3 N–H and O–H groups in total. The van der Waals surface area contributed by atoms with Crippen LogP contribution in [0.15, 0.2) is 53.5 Å². The fourth-order valence-corrected chi connectivity index (χ4v) is 3.74. The van der Waals surface area contributed by atoms with Gasteiger partial charge in [-0.1, -0.05) is 36.4 Å². The van der Waals surface area contributed by atoms with Gasteiger partial charge in [0.15, 0.2) is 5.96 Å². The number of amides is 1. The zero-order chi connectivity index (χ0) is 20.7. The lowest BCUT2D eigenvalue weighted by Crippen LogP contribution is -2.39. The molecular formula is C24H33IN4O. The maximum absolute atomic E-state index is 11.8. The van der Waals surface area contributed by atoms with Gasteiger partial charge in [0.1, 0.15) is 0 Å². The van der Waals surface area contributed by atoms with Crippen LogP contribution < -0.4 is 16.0 Å². The second-order valence-electron chi connectivity index (χ2n) is 7.75. The molecule has 0 aliphatic heterocycles. The van der Waals surface area contributed by atoms with E-state index in [1.54, 1.807) is 7.05 Å². The molecule has 2 aromatic carbocycles. The minimum atomic E-state index is -0.0550. The van der Waals surface area contributed by atoms with E-state index in [0.717, 1.165) is 37.6 Å². The van der Waals surface area contributed by atoms with Crippen LogP contribution in [0.3, 0.4) is 0 Å². The van der Waals surface area contributed by atoms with Gasteiger partial charge < -0.3 is 16.0 Å². The van der Waals surface area contributed by atoms with Gasteiger partial charge in [-0.2, -0.15) is 0 Å². The number of aryl methyl sites for hydroxylation is 1. The minimum Gasteiger partial charge on any atom is -0.357 e. The van der Waals surface area contributed by atoms with Crippen LogP contribution in [0, 0.1) is 6.92 Å². The Morgan fingerprint density at radius 2 is 1.87 bits per heavy atom. The summed E-state index contributed by atoms with van der Waals surface area (Å²) in [6.07, 6.45) is 3.23. The molecule has 3 rings (SSSR count). The van der Waals surface area contributed by atoms with Crippen LogP contribution in [-0.4, -0.2) is 38.5 Å². The summed E-state index contributed by atoms with van der Waals surface area (Å²) in [5, 5.41) is 9.46. The first-order valence-electron chi connectivity index (χ1n) is 10.5. The molecule has 0 saturated heterocycles. The zero-order valence-electron chi connectivity index (χ0n) is 18.1. The number of carbonyl (C=O) groups is 1. The summed E-state index contributed by atoms with van der Waals surface area (Å²) in [4.78, 5) is 16.7. The second kappa shape index (κ2) is 11.3. The average molecular weight is 520 g/mol. The van der Waals surface area contributed by atoms with Gasteiger partial charge in [-0.25, -0.2) is 0 Å². The largest absolute Gasteiger partial charge is 0.357 e. The predicted octanol–water partition coefficient (Wildman–Crippen LogP) is 3.80. The van der Waals surface area contributed by atoms with Crippen LogP contribution in [0.5, 0.6) is 0 Å². The number of carbonyl (C=O) groups excluding carboxylic acids is 1. The lowest BCUT2D eigenvalue weighted by atomic mass is 9.92. The van der Waals surface area contributed by atoms with Crippen LogP contribution in [0.2, 0.25) is 0 Å². The highest BCUT2D eigenvalue weighted by Crippen LogP contribution is 2.49. The number of aliphatic imine (C=N–C) groups is 1. The predicted molar refractivity (Wildman–Crippen MR) is 135 cm³/mol. The highest BCUT2D eigenvalue weighted by atomic mass is 127. The highest BCUT2D eigenvalue weighted by Gasteiger charge is 2.44. The summed E-state index contributed by atoms with van der Waals surface area (Å²) >= 11 is 0. The Bertz CT molecular complexity index is 877. The van der Waals surface area contributed by atoms with Crippen molar-refractivity contribution in [3.05, 3.63) is 70.8 Å². The Kier molecular flexibility index (Phi) is 9.14. The number of guanidine groups is 1. The SMILES string of the molecule is CCNC(=NCC1(c2ccccc2C)CC1)NCCc1cccc(C(=O)NC)c1.I. The number of halogens is 1. The fraction of sp³-hybridized carbons (Fsp3) is 0.417. The molecule has 0 spiro atoms. The number of benzene rings is 2. The van der Waals surface area contributed by atoms with Crippen molar-refractivity contribution >= 4 is 35.8 Å². The van der Waals surface area contributed by atoms with E-state index in [1.165, 1.54) is 24.0 Å². The van der Waals surface area contributed by atoms with E-state index >= 15 is 0 Å². The standard InChI is InChI=1S/C24H32N4O.HI/c1-4-26-23(27-15-12-19-9-7-10-20(16-19)22(29)25-3)28-17-24(13-14-24)21-11-6-5-8-18(21)2;/h5-11,16H,4,12-15,17H2,1-3H3,(H,25,29)(H2,26,27,28);1H. The third-order valence-corrected chi connectivity index (χ3v) is 5.58. The third kappa shape index (κ3) is 6.20. The van der Waals surface area contributed by atoms with Crippen molar-refractivity contribution in [1.82, 2.24) is 16.0 Å². The number of hydrogen-bond acceptors (Lipinski definition) is 2. The second-order valence-corrected chi connectivity index (χ2v) is 7.75. The van der Waals surface area contributed by atoms with Crippen molar-refractivity contribution < 1.29 is 4.79 Å². The fourth-order valence-electron chi connectivity index (χ4n) is 3.74. The van der Waals surface area contributed by atoms with E-state index < -0.39 is 0 Å². The van der Waals surface area contributed by atoms with E-state index in [0.29, 0.717) is 5.56 Å². The summed E-state index contributed by atoms with van der Waals surface area (Å²) < 4.78 is 0. The van der Waals surface area contributed by atoms with Crippen LogP contribution in [0.25, 0.3) is 0 Å². The van der Waals surface area contributed by atoms with Gasteiger partial charge in [0.05, 0.1) is 6.54 Å². The monoisotopic (exact) mass is 520 g/mol. The summed E-state index contributed by atoms with van der Waals surface area (Å²) in [5.74, 6) is 0.801. The van der Waals surface area contributed by atoms with E-state index in [-0.39, 0.29) is 35.3 Å². The maximum Gasteiger partial charge on any atom is 0.251 e. The molecule has 1 fully saturated rings. The van der Waals surface area contributed by atoms with Crippen molar-refractivity contribution in [3.63, 3.8) is 0 Å². The molecule has 0 aromatic heterocycles. The van der Waals surface area contributed by atoms with Crippen LogP contribution in [0.4, 0.5) is 0 Å². The van der Waals surface area contributed by atoms with E-state index in [1.807, 2.05) is 18.2 Å². The smallest absolute Gasteiger partial charge is 0.251 e. The molecule has 162 valence electrons. The molecule has 0 unspecified atom stereocenters. The summed E-state index contributed by atoms with van der Waals surface area (Å²) in [7, 11) is 1.65. The first-order valence-corrected chi connectivity index (χ1v) is 10.5. The number of nitrogens with zero attached hydrogens (tertiary/aromatic N) is 1. The summed E-state index contributed by atoms with van der Waals surface area (Å²) in [5.41, 5.74) is 4.82. The van der Waals surface area contributed by atoms with Gasteiger partial charge in [0, 0.05) is 31.1 Å². The Balaban J connectivity index is 0.00000320. The molecule has 5 nitrogen and oxygen atoms in total. The normalized spacial score (nSPS) is 14.4. The molecule has 2 aromatic rings. The van der Waals surface area contributed by atoms with E-state index in [4.69, 9.17) is 4.99 Å². The van der Waals surface area contributed by atoms with E-state index in [2.05, 4.69) is 60.1 Å². The lowest BCUT2D eigenvalue weighted by molar-refractivity contribution is 0.0963. The van der Waals surface area contributed by atoms with Crippen LogP contribution in [-0.2, 0) is 11.8 Å². The van der Waals surface area contributed by atoms with Gasteiger partial charge in [0.25, 0.3) is 5.91 Å². The average Bonchev–Trinajstić information content (AvgIpc) is 3.53. The Hall–Kier alpha value is -2.09. The molecule has 0 heterocycles. The third-order valence-electron chi connectivity index (χ3n) is 5.58. The lowest BCUT2D eigenvalue weighted by Gasteiger charge is -2.18. The van der Waals surface area contributed by atoms with E-state index in [9.17, 15) is 4.79 Å². The number of hydrogen-bond donors (Lipinski definition) is 3.